The average Bonchev–Trinajstić information content (AvgIpc) is 3.22. The summed E-state index contributed by atoms with van der Waals surface area (Å²) in [5.74, 6) is 6.65. The number of aryl methyl sites for hydroxylation is 2. The Labute approximate surface area is 147 Å². The van der Waals surface area contributed by atoms with E-state index in [1.165, 1.54) is 17.4 Å². The number of hydrogen-bond donors (Lipinski definition) is 0. The molecule has 0 N–H and O–H groups in total. The lowest BCUT2D eigenvalue weighted by atomic mass is 10.1. The highest BCUT2D eigenvalue weighted by Gasteiger charge is 2.10. The Bertz CT molecular complexity index is 1140. The number of thiazole rings is 1. The van der Waals surface area contributed by atoms with E-state index in [1.807, 2.05) is 23.2 Å². The van der Waals surface area contributed by atoms with Crippen LogP contribution in [0.2, 0.25) is 0 Å². The van der Waals surface area contributed by atoms with Gasteiger partial charge in [0.25, 0.3) is 0 Å². The number of hydrogen-bond acceptors (Lipinski definition) is 5. The van der Waals surface area contributed by atoms with E-state index in [-0.39, 0.29) is 5.82 Å². The zero-order valence-electron chi connectivity index (χ0n) is 13.5. The number of fused-ring (bicyclic) bond motifs is 1. The van der Waals surface area contributed by atoms with Gasteiger partial charge in [0.05, 0.1) is 10.9 Å². The van der Waals surface area contributed by atoms with Gasteiger partial charge in [-0.3, -0.25) is 0 Å². The first-order valence-corrected chi connectivity index (χ1v) is 8.38. The van der Waals surface area contributed by atoms with Gasteiger partial charge in [-0.2, -0.15) is 0 Å². The highest BCUT2D eigenvalue weighted by molar-refractivity contribution is 7.13. The van der Waals surface area contributed by atoms with Crippen LogP contribution in [0.15, 0.2) is 36.0 Å². The molecule has 0 saturated carbocycles. The molecule has 0 spiro atoms. The molecule has 7 heteroatoms. The molecule has 4 aromatic rings. The van der Waals surface area contributed by atoms with Crippen molar-refractivity contribution >= 4 is 22.2 Å². The van der Waals surface area contributed by atoms with Crippen LogP contribution in [0.3, 0.4) is 0 Å². The van der Waals surface area contributed by atoms with Gasteiger partial charge in [-0.1, -0.05) is 6.07 Å². The van der Waals surface area contributed by atoms with Crippen molar-refractivity contribution in [1.29, 1.82) is 0 Å². The van der Waals surface area contributed by atoms with Crippen molar-refractivity contribution in [2.75, 3.05) is 0 Å². The van der Waals surface area contributed by atoms with Crippen molar-refractivity contribution in [3.8, 4) is 22.5 Å². The lowest BCUT2D eigenvalue weighted by Crippen LogP contribution is -1.97. The fourth-order valence-corrected chi connectivity index (χ4v) is 3.09. The van der Waals surface area contributed by atoms with Crippen LogP contribution in [0.5, 0.6) is 0 Å². The minimum atomic E-state index is -0.384. The van der Waals surface area contributed by atoms with Crippen molar-refractivity contribution in [2.24, 2.45) is 7.05 Å². The summed E-state index contributed by atoms with van der Waals surface area (Å²) in [6.45, 7) is 1.76. The Kier molecular flexibility index (Phi) is 3.75. The normalized spacial score (nSPS) is 10.7. The van der Waals surface area contributed by atoms with Gasteiger partial charge in [0.2, 0.25) is 0 Å². The summed E-state index contributed by atoms with van der Waals surface area (Å²) < 4.78 is 16.0. The van der Waals surface area contributed by atoms with Crippen molar-refractivity contribution in [2.45, 2.75) is 6.92 Å². The number of nitrogens with zero attached hydrogens (tertiary/aromatic N) is 5. The monoisotopic (exact) mass is 349 g/mol. The Morgan fingerprint density at radius 2 is 2.04 bits per heavy atom. The van der Waals surface area contributed by atoms with Crippen molar-refractivity contribution < 1.29 is 4.39 Å². The van der Waals surface area contributed by atoms with Crippen molar-refractivity contribution in [3.63, 3.8) is 0 Å². The molecule has 1 aromatic carbocycles. The Balaban J connectivity index is 1.81. The third-order valence-corrected chi connectivity index (χ3v) is 4.40. The molecule has 0 saturated heterocycles. The fourth-order valence-electron chi connectivity index (χ4n) is 2.50. The van der Waals surface area contributed by atoms with Gasteiger partial charge in [-0.05, 0) is 30.9 Å². The molecule has 0 bridgehead atoms. The van der Waals surface area contributed by atoms with Gasteiger partial charge in [-0.15, -0.1) is 11.3 Å². The van der Waals surface area contributed by atoms with E-state index in [9.17, 15) is 4.39 Å². The minimum Gasteiger partial charge on any atom is -0.327 e. The van der Waals surface area contributed by atoms with Crippen LogP contribution in [0.4, 0.5) is 4.39 Å². The van der Waals surface area contributed by atoms with E-state index in [0.29, 0.717) is 28.2 Å². The van der Waals surface area contributed by atoms with Crippen molar-refractivity contribution in [3.05, 3.63) is 59.1 Å². The Morgan fingerprint density at radius 3 is 2.84 bits per heavy atom. The second-order valence-corrected chi connectivity index (χ2v) is 6.30. The van der Waals surface area contributed by atoms with Gasteiger partial charge < -0.3 is 4.57 Å². The molecule has 0 unspecified atom stereocenters. The zero-order chi connectivity index (χ0) is 17.4. The highest BCUT2D eigenvalue weighted by Crippen LogP contribution is 2.21. The molecule has 122 valence electrons. The summed E-state index contributed by atoms with van der Waals surface area (Å²) >= 11 is 1.51. The van der Waals surface area contributed by atoms with E-state index in [4.69, 9.17) is 0 Å². The highest BCUT2D eigenvalue weighted by atomic mass is 32.1. The third-order valence-electron chi connectivity index (χ3n) is 3.60. The van der Waals surface area contributed by atoms with Gasteiger partial charge in [0.15, 0.2) is 5.82 Å². The first kappa shape index (κ1) is 15.4. The largest absolute Gasteiger partial charge is 0.327 e. The second-order valence-electron chi connectivity index (χ2n) is 5.40. The number of rotatable bonds is 1. The quantitative estimate of drug-likeness (QED) is 0.495. The van der Waals surface area contributed by atoms with Gasteiger partial charge in [0.1, 0.15) is 28.0 Å². The second kappa shape index (κ2) is 6.07. The lowest BCUT2D eigenvalue weighted by Gasteiger charge is -2.02. The zero-order valence-corrected chi connectivity index (χ0v) is 14.3. The molecule has 4 rings (SSSR count). The van der Waals surface area contributed by atoms with E-state index >= 15 is 0 Å². The van der Waals surface area contributed by atoms with Crippen LogP contribution in [0.1, 0.15) is 17.3 Å². The molecule has 0 fully saturated rings. The molecule has 25 heavy (non-hydrogen) atoms. The van der Waals surface area contributed by atoms with Crippen LogP contribution in [0, 0.1) is 24.6 Å². The maximum Gasteiger partial charge on any atom is 0.186 e. The van der Waals surface area contributed by atoms with E-state index in [0.717, 1.165) is 10.7 Å². The van der Waals surface area contributed by atoms with E-state index < -0.39 is 0 Å². The van der Waals surface area contributed by atoms with Crippen LogP contribution >= 0.6 is 11.3 Å². The minimum absolute atomic E-state index is 0.329. The number of aromatic nitrogens is 5. The number of benzene rings is 1. The first-order valence-electron chi connectivity index (χ1n) is 7.50. The summed E-state index contributed by atoms with van der Waals surface area (Å²) in [4.78, 5) is 17.3. The Morgan fingerprint density at radius 1 is 1.16 bits per heavy atom. The molecule has 3 heterocycles. The molecule has 0 aliphatic heterocycles. The topological polar surface area (TPSA) is 56.5 Å². The molecular weight excluding hydrogens is 337 g/mol. The molecule has 5 nitrogen and oxygen atoms in total. The van der Waals surface area contributed by atoms with Gasteiger partial charge in [0, 0.05) is 24.8 Å². The van der Waals surface area contributed by atoms with Gasteiger partial charge >= 0.3 is 0 Å². The van der Waals surface area contributed by atoms with E-state index in [2.05, 4.69) is 31.8 Å². The molecule has 0 aliphatic carbocycles. The van der Waals surface area contributed by atoms with Crippen LogP contribution in [-0.4, -0.2) is 24.5 Å². The summed E-state index contributed by atoms with van der Waals surface area (Å²) in [5, 5.41) is 3.06. The number of imidazole rings is 1. The van der Waals surface area contributed by atoms with Crippen LogP contribution in [-0.2, 0) is 7.05 Å². The fraction of sp³-hybridized carbons (Fsp3) is 0.111. The predicted octanol–water partition coefficient (Wildman–Crippen LogP) is 3.33. The molecule has 0 amide bonds. The smallest absolute Gasteiger partial charge is 0.186 e. The van der Waals surface area contributed by atoms with E-state index in [1.54, 1.807) is 25.3 Å². The molecular formula is C18H12FN5S. The van der Waals surface area contributed by atoms with Crippen molar-refractivity contribution in [1.82, 2.24) is 24.5 Å². The van der Waals surface area contributed by atoms with Crippen LogP contribution < -0.4 is 0 Å². The molecule has 0 radical (unpaired) electrons. The molecule has 0 atom stereocenters. The average molecular weight is 349 g/mol. The predicted molar refractivity (Wildman–Crippen MR) is 94.5 cm³/mol. The summed E-state index contributed by atoms with van der Waals surface area (Å²) in [7, 11) is 1.86. The standard InChI is InChI=1S/C18H12FN5S/c1-11-21-13-5-3-4-12(19)17(13)14(22-11)6-7-16-23-15(10-24(16)2)18-20-8-9-25-18/h3-5,8-10H,1-2H3. The maximum atomic E-state index is 14.2. The van der Waals surface area contributed by atoms with Crippen LogP contribution in [0.25, 0.3) is 21.6 Å². The molecule has 0 aliphatic rings. The molecule has 3 aromatic heterocycles. The summed E-state index contributed by atoms with van der Waals surface area (Å²) in [6.07, 6.45) is 3.60. The lowest BCUT2D eigenvalue weighted by molar-refractivity contribution is 0.638. The number of halogens is 1. The Hall–Kier alpha value is -3.11. The first-order chi connectivity index (χ1) is 12.1. The summed E-state index contributed by atoms with van der Waals surface area (Å²) in [5.41, 5.74) is 1.66. The maximum absolute atomic E-state index is 14.2. The third kappa shape index (κ3) is 2.88. The van der Waals surface area contributed by atoms with Gasteiger partial charge in [-0.25, -0.2) is 24.3 Å². The summed E-state index contributed by atoms with van der Waals surface area (Å²) in [6, 6.07) is 4.76. The SMILES string of the molecule is Cc1nc(C#Cc2nc(-c3nccs3)cn2C)c2c(F)cccc2n1.